The highest BCUT2D eigenvalue weighted by Crippen LogP contribution is 2.01. The Hall–Kier alpha value is -0.620. The lowest BCUT2D eigenvalue weighted by molar-refractivity contribution is -0.120. The van der Waals surface area contributed by atoms with E-state index < -0.39 is 22.0 Å². The minimum Gasteiger partial charge on any atom is -0.368 e. The maximum atomic E-state index is 10.7. The molecule has 0 aromatic heterocycles. The summed E-state index contributed by atoms with van der Waals surface area (Å²) < 4.78 is 23.6. The van der Waals surface area contributed by atoms with Crippen LogP contribution in [0.1, 0.15) is 13.8 Å². The summed E-state index contributed by atoms with van der Waals surface area (Å²) in [4.78, 5) is 10.7. The lowest BCUT2D eigenvalue weighted by atomic mass is 10.1. The van der Waals surface area contributed by atoms with Gasteiger partial charge in [0.15, 0.2) is 0 Å². The van der Waals surface area contributed by atoms with E-state index in [1.54, 1.807) is 13.8 Å². The number of nitrogens with one attached hydrogen (secondary N) is 1. The topological polar surface area (TPSA) is 89.3 Å². The van der Waals surface area contributed by atoms with Gasteiger partial charge in [-0.15, -0.1) is 0 Å². The lowest BCUT2D eigenvalue weighted by Crippen LogP contribution is -2.47. The summed E-state index contributed by atoms with van der Waals surface area (Å²) in [5.41, 5.74) is 4.98. The molecule has 0 fully saturated rings. The summed E-state index contributed by atoms with van der Waals surface area (Å²) in [6.07, 6.45) is 0.991. The number of carbonyl (C=O) groups excluding carboxylic acids is 1. The third-order valence-corrected chi connectivity index (χ3v) is 2.00. The van der Waals surface area contributed by atoms with Crippen molar-refractivity contribution < 1.29 is 13.2 Å². The van der Waals surface area contributed by atoms with Crippen molar-refractivity contribution in [3.05, 3.63) is 0 Å². The summed E-state index contributed by atoms with van der Waals surface area (Å²) in [5, 5.41) is 0. The predicted molar refractivity (Wildman–Crippen MR) is 45.8 cm³/mol. The fourth-order valence-corrected chi connectivity index (χ4v) is 1.60. The molecule has 0 aromatic carbocycles. The molecule has 0 aliphatic heterocycles. The second-order valence-electron chi connectivity index (χ2n) is 3.01. The first-order chi connectivity index (χ1) is 5.24. The molecule has 0 aliphatic rings. The van der Waals surface area contributed by atoms with Gasteiger partial charge in [0.1, 0.15) is 6.04 Å². The summed E-state index contributed by atoms with van der Waals surface area (Å²) in [6.45, 7) is 3.43. The highest BCUT2D eigenvalue weighted by atomic mass is 32.2. The molecule has 0 spiro atoms. The zero-order valence-corrected chi connectivity index (χ0v) is 8.18. The van der Waals surface area contributed by atoms with Gasteiger partial charge in [0.05, 0.1) is 6.26 Å². The zero-order valence-electron chi connectivity index (χ0n) is 7.37. The van der Waals surface area contributed by atoms with Crippen LogP contribution in [0, 0.1) is 5.92 Å². The van der Waals surface area contributed by atoms with E-state index in [4.69, 9.17) is 5.73 Å². The lowest BCUT2D eigenvalue weighted by Gasteiger charge is -2.16. The smallest absolute Gasteiger partial charge is 0.235 e. The van der Waals surface area contributed by atoms with Gasteiger partial charge in [-0.1, -0.05) is 13.8 Å². The van der Waals surface area contributed by atoms with Crippen LogP contribution >= 0.6 is 0 Å². The molecule has 0 rings (SSSR count). The van der Waals surface area contributed by atoms with Gasteiger partial charge in [0.2, 0.25) is 15.9 Å². The van der Waals surface area contributed by atoms with Crippen LogP contribution in [0.15, 0.2) is 0 Å². The van der Waals surface area contributed by atoms with E-state index in [0.29, 0.717) is 0 Å². The van der Waals surface area contributed by atoms with Crippen LogP contribution < -0.4 is 10.5 Å². The summed E-state index contributed by atoms with van der Waals surface area (Å²) in [6, 6.07) is -0.819. The average molecular weight is 194 g/mol. The Bertz CT molecular complexity index is 258. The Morgan fingerprint density at radius 3 is 1.92 bits per heavy atom. The van der Waals surface area contributed by atoms with Crippen LogP contribution in [0.4, 0.5) is 0 Å². The highest BCUT2D eigenvalue weighted by molar-refractivity contribution is 7.88. The predicted octanol–water partition coefficient (Wildman–Crippen LogP) is -0.954. The summed E-state index contributed by atoms with van der Waals surface area (Å²) >= 11 is 0. The van der Waals surface area contributed by atoms with Crippen molar-refractivity contribution in [2.75, 3.05) is 6.26 Å². The summed E-state index contributed by atoms with van der Waals surface area (Å²) in [7, 11) is -3.36. The van der Waals surface area contributed by atoms with E-state index in [0.717, 1.165) is 6.26 Å². The Kier molecular flexibility index (Phi) is 3.66. The molecule has 1 atom stereocenters. The molecule has 0 heterocycles. The van der Waals surface area contributed by atoms with E-state index in [1.807, 2.05) is 0 Å². The number of amides is 1. The van der Waals surface area contributed by atoms with E-state index in [1.165, 1.54) is 0 Å². The molecule has 6 heteroatoms. The number of rotatable bonds is 4. The number of primary amides is 1. The van der Waals surface area contributed by atoms with Gasteiger partial charge in [-0.05, 0) is 5.92 Å². The Labute approximate surface area is 72.4 Å². The first-order valence-corrected chi connectivity index (χ1v) is 5.40. The number of sulfonamides is 1. The van der Waals surface area contributed by atoms with Gasteiger partial charge in [0.25, 0.3) is 0 Å². The quantitative estimate of drug-likeness (QED) is 0.604. The molecule has 0 saturated heterocycles. The summed E-state index contributed by atoms with van der Waals surface area (Å²) in [5.74, 6) is -0.798. The molecule has 1 amide bonds. The van der Waals surface area contributed by atoms with Crippen molar-refractivity contribution in [3.8, 4) is 0 Å². The van der Waals surface area contributed by atoms with E-state index >= 15 is 0 Å². The van der Waals surface area contributed by atoms with E-state index in [2.05, 4.69) is 4.72 Å². The number of hydrogen-bond donors (Lipinski definition) is 2. The Morgan fingerprint density at radius 1 is 1.42 bits per heavy atom. The molecule has 0 radical (unpaired) electrons. The second kappa shape index (κ2) is 3.86. The average Bonchev–Trinajstić information content (AvgIpc) is 1.79. The molecule has 0 saturated carbocycles. The molecule has 3 N–H and O–H groups in total. The first-order valence-electron chi connectivity index (χ1n) is 3.50. The highest BCUT2D eigenvalue weighted by Gasteiger charge is 2.22. The van der Waals surface area contributed by atoms with Crippen LogP contribution in [0.2, 0.25) is 0 Å². The molecule has 0 aromatic rings. The van der Waals surface area contributed by atoms with Crippen LogP contribution in [-0.2, 0) is 14.8 Å². The number of nitrogens with two attached hydrogens (primary N) is 1. The van der Waals surface area contributed by atoms with Gasteiger partial charge in [-0.3, -0.25) is 4.79 Å². The van der Waals surface area contributed by atoms with E-state index in [-0.39, 0.29) is 5.92 Å². The minimum atomic E-state index is -3.36. The molecule has 0 unspecified atom stereocenters. The first kappa shape index (κ1) is 11.4. The van der Waals surface area contributed by atoms with Crippen molar-refractivity contribution in [3.63, 3.8) is 0 Å². The number of hydrogen-bond acceptors (Lipinski definition) is 3. The molecule has 72 valence electrons. The van der Waals surface area contributed by atoms with Crippen LogP contribution in [0.5, 0.6) is 0 Å². The fourth-order valence-electron chi connectivity index (χ4n) is 0.753. The van der Waals surface area contributed by atoms with Gasteiger partial charge >= 0.3 is 0 Å². The van der Waals surface area contributed by atoms with Crippen molar-refractivity contribution >= 4 is 15.9 Å². The standard InChI is InChI=1S/C6H14N2O3S/c1-4(2)5(6(7)9)8-12(3,10)11/h4-5,8H,1-3H3,(H2,7,9)/t5-/m1/s1. The Balaban J connectivity index is 4.46. The second-order valence-corrected chi connectivity index (χ2v) is 4.79. The van der Waals surface area contributed by atoms with Crippen molar-refractivity contribution in [1.82, 2.24) is 4.72 Å². The SMILES string of the molecule is CC(C)[C@@H](NS(C)(=O)=O)C(N)=O. The van der Waals surface area contributed by atoms with Crippen LogP contribution in [0.25, 0.3) is 0 Å². The minimum absolute atomic E-state index is 0.141. The maximum absolute atomic E-state index is 10.7. The number of carbonyl (C=O) groups is 1. The third kappa shape index (κ3) is 4.30. The third-order valence-electron chi connectivity index (χ3n) is 1.31. The normalized spacial score (nSPS) is 14.7. The van der Waals surface area contributed by atoms with Gasteiger partial charge in [-0.25, -0.2) is 13.1 Å². The van der Waals surface area contributed by atoms with E-state index in [9.17, 15) is 13.2 Å². The van der Waals surface area contributed by atoms with Gasteiger partial charge < -0.3 is 5.73 Å². The fraction of sp³-hybridized carbons (Fsp3) is 0.833. The molecular formula is C6H14N2O3S. The van der Waals surface area contributed by atoms with Crippen molar-refractivity contribution in [2.24, 2.45) is 11.7 Å². The molecule has 0 aliphatic carbocycles. The van der Waals surface area contributed by atoms with Gasteiger partial charge in [-0.2, -0.15) is 0 Å². The maximum Gasteiger partial charge on any atom is 0.235 e. The largest absolute Gasteiger partial charge is 0.368 e. The Morgan fingerprint density at radius 2 is 1.83 bits per heavy atom. The van der Waals surface area contributed by atoms with Crippen LogP contribution in [-0.4, -0.2) is 26.6 Å². The van der Waals surface area contributed by atoms with Gasteiger partial charge in [0, 0.05) is 0 Å². The van der Waals surface area contributed by atoms with Crippen molar-refractivity contribution in [1.29, 1.82) is 0 Å². The zero-order chi connectivity index (χ0) is 9.94. The van der Waals surface area contributed by atoms with Crippen molar-refractivity contribution in [2.45, 2.75) is 19.9 Å². The molecule has 0 bridgehead atoms. The molecule has 5 nitrogen and oxygen atoms in total. The molecule has 12 heavy (non-hydrogen) atoms. The monoisotopic (exact) mass is 194 g/mol. The molecular weight excluding hydrogens is 180 g/mol. The van der Waals surface area contributed by atoms with Crippen LogP contribution in [0.3, 0.4) is 0 Å².